The molecule has 1 aliphatic carbocycles. The van der Waals surface area contributed by atoms with Crippen molar-refractivity contribution in [1.82, 2.24) is 29.7 Å². The van der Waals surface area contributed by atoms with Crippen LogP contribution in [0, 0.1) is 12.8 Å². The summed E-state index contributed by atoms with van der Waals surface area (Å²) in [7, 11) is -1.67. The van der Waals surface area contributed by atoms with Crippen LogP contribution in [0.15, 0.2) is 23.4 Å². The number of anilines is 1. The van der Waals surface area contributed by atoms with Crippen LogP contribution in [0.4, 0.5) is 5.95 Å². The standard InChI is InChI=1S/C25H39N7O2Si/c1-17(2)16-35(4,5)34-12-8-11-21(22-26-13-18(3)14-27-22)29-25-30-23-20(24(33)31-25)15-28-32(23)19-9-6-7-10-19/h13-15,17,19,21H,6-12,16H2,1-5H3,(H2,29,30,31,33). The first-order valence-electron chi connectivity index (χ1n) is 12.9. The van der Waals surface area contributed by atoms with E-state index in [4.69, 9.17) is 9.41 Å². The molecule has 0 amide bonds. The first-order chi connectivity index (χ1) is 16.7. The number of aryl methyl sites for hydroxylation is 1. The summed E-state index contributed by atoms with van der Waals surface area (Å²) in [5.74, 6) is 1.75. The minimum absolute atomic E-state index is 0.185. The van der Waals surface area contributed by atoms with E-state index in [2.05, 4.69) is 52.3 Å². The average molecular weight is 498 g/mol. The second kappa shape index (κ2) is 11.0. The number of aromatic nitrogens is 6. The molecule has 10 heteroatoms. The van der Waals surface area contributed by atoms with Gasteiger partial charge in [-0.1, -0.05) is 26.7 Å². The predicted molar refractivity (Wildman–Crippen MR) is 141 cm³/mol. The quantitative estimate of drug-likeness (QED) is 0.278. The molecule has 1 unspecified atom stereocenters. The molecule has 4 rings (SSSR count). The fraction of sp³-hybridized carbons (Fsp3) is 0.640. The van der Waals surface area contributed by atoms with Gasteiger partial charge in [0.05, 0.1) is 18.3 Å². The Kier molecular flexibility index (Phi) is 8.01. The first kappa shape index (κ1) is 25.5. The van der Waals surface area contributed by atoms with E-state index < -0.39 is 8.32 Å². The predicted octanol–water partition coefficient (Wildman–Crippen LogP) is 5.14. The molecule has 9 nitrogen and oxygen atoms in total. The van der Waals surface area contributed by atoms with Crippen LogP contribution >= 0.6 is 0 Å². The summed E-state index contributed by atoms with van der Waals surface area (Å²) in [5, 5.41) is 8.43. The smallest absolute Gasteiger partial charge is 0.263 e. The monoisotopic (exact) mass is 497 g/mol. The highest BCUT2D eigenvalue weighted by molar-refractivity contribution is 6.71. The Labute approximate surface area is 208 Å². The van der Waals surface area contributed by atoms with Crippen LogP contribution in [-0.2, 0) is 4.43 Å². The van der Waals surface area contributed by atoms with Crippen molar-refractivity contribution in [1.29, 1.82) is 0 Å². The third-order valence-corrected chi connectivity index (χ3v) is 9.37. The fourth-order valence-corrected chi connectivity index (χ4v) is 7.89. The lowest BCUT2D eigenvalue weighted by atomic mass is 10.1. The van der Waals surface area contributed by atoms with Gasteiger partial charge in [0.15, 0.2) is 14.0 Å². The molecule has 35 heavy (non-hydrogen) atoms. The number of nitrogens with one attached hydrogen (secondary N) is 2. The molecule has 3 heterocycles. The van der Waals surface area contributed by atoms with Crippen LogP contribution in [0.1, 0.15) is 75.8 Å². The lowest BCUT2D eigenvalue weighted by Gasteiger charge is -2.25. The highest BCUT2D eigenvalue weighted by atomic mass is 28.4. The van der Waals surface area contributed by atoms with Crippen molar-refractivity contribution in [2.24, 2.45) is 5.92 Å². The van der Waals surface area contributed by atoms with Gasteiger partial charge in [-0.2, -0.15) is 10.1 Å². The molecule has 1 atom stereocenters. The van der Waals surface area contributed by atoms with Gasteiger partial charge in [0.2, 0.25) is 5.95 Å². The van der Waals surface area contributed by atoms with Gasteiger partial charge in [0, 0.05) is 19.0 Å². The van der Waals surface area contributed by atoms with Crippen LogP contribution in [-0.4, -0.2) is 44.6 Å². The number of H-pyrrole nitrogens is 1. The van der Waals surface area contributed by atoms with Gasteiger partial charge in [-0.3, -0.25) is 9.78 Å². The maximum Gasteiger partial charge on any atom is 0.263 e. The Morgan fingerprint density at radius 2 is 1.91 bits per heavy atom. The minimum atomic E-state index is -1.67. The molecule has 0 aromatic carbocycles. The molecule has 0 radical (unpaired) electrons. The zero-order valence-corrected chi connectivity index (χ0v) is 22.7. The highest BCUT2D eigenvalue weighted by Gasteiger charge is 2.25. The van der Waals surface area contributed by atoms with Crippen molar-refractivity contribution in [3.8, 4) is 0 Å². The normalized spacial score (nSPS) is 15.8. The molecular formula is C25H39N7O2Si. The van der Waals surface area contributed by atoms with Gasteiger partial charge >= 0.3 is 0 Å². The maximum atomic E-state index is 12.8. The molecule has 0 aliphatic heterocycles. The van der Waals surface area contributed by atoms with Crippen molar-refractivity contribution in [2.45, 2.75) is 90.5 Å². The summed E-state index contributed by atoms with van der Waals surface area (Å²) in [4.78, 5) is 29.6. The van der Waals surface area contributed by atoms with Crippen LogP contribution in [0.5, 0.6) is 0 Å². The summed E-state index contributed by atoms with van der Waals surface area (Å²) in [6.45, 7) is 11.7. The SMILES string of the molecule is Cc1cnc(C(CCCO[Si](C)(C)CC(C)C)Nc2nc3c(cnn3C3CCCC3)c(=O)[nH]2)nc1. The molecule has 1 fully saturated rings. The van der Waals surface area contributed by atoms with Crippen LogP contribution < -0.4 is 10.9 Å². The van der Waals surface area contributed by atoms with E-state index in [1.165, 1.54) is 12.8 Å². The van der Waals surface area contributed by atoms with E-state index in [1.807, 2.05) is 24.0 Å². The van der Waals surface area contributed by atoms with Gasteiger partial charge < -0.3 is 9.74 Å². The maximum absolute atomic E-state index is 12.8. The van der Waals surface area contributed by atoms with Gasteiger partial charge in [-0.15, -0.1) is 0 Å². The number of hydrogen-bond donors (Lipinski definition) is 2. The topological polar surface area (TPSA) is 111 Å². The molecule has 3 aromatic heterocycles. The van der Waals surface area contributed by atoms with Crippen LogP contribution in [0.3, 0.4) is 0 Å². The lowest BCUT2D eigenvalue weighted by Crippen LogP contribution is -2.32. The first-order valence-corrected chi connectivity index (χ1v) is 16.0. The average Bonchev–Trinajstić information content (AvgIpc) is 3.45. The van der Waals surface area contributed by atoms with Gasteiger partial charge in [0.1, 0.15) is 11.2 Å². The Morgan fingerprint density at radius 1 is 1.20 bits per heavy atom. The second-order valence-corrected chi connectivity index (χ2v) is 15.1. The zero-order valence-electron chi connectivity index (χ0n) is 21.7. The third-order valence-electron chi connectivity index (χ3n) is 6.59. The summed E-state index contributed by atoms with van der Waals surface area (Å²) >= 11 is 0. The van der Waals surface area contributed by atoms with Crippen molar-refractivity contribution in [3.05, 3.63) is 40.3 Å². The summed E-state index contributed by atoms with van der Waals surface area (Å²) in [6, 6.07) is 1.26. The molecule has 0 bridgehead atoms. The molecule has 3 aromatic rings. The molecule has 1 saturated carbocycles. The van der Waals surface area contributed by atoms with Gasteiger partial charge in [-0.25, -0.2) is 14.6 Å². The third kappa shape index (κ3) is 6.55. The minimum Gasteiger partial charge on any atom is -0.417 e. The summed E-state index contributed by atoms with van der Waals surface area (Å²) in [5.41, 5.74) is 1.46. The molecule has 190 valence electrons. The Morgan fingerprint density at radius 3 is 2.60 bits per heavy atom. The van der Waals surface area contributed by atoms with E-state index in [-0.39, 0.29) is 11.6 Å². The second-order valence-electron chi connectivity index (χ2n) is 10.8. The molecule has 0 spiro atoms. The number of nitrogens with zero attached hydrogens (tertiary/aromatic N) is 5. The number of aromatic amines is 1. The van der Waals surface area contributed by atoms with Crippen molar-refractivity contribution in [2.75, 3.05) is 11.9 Å². The number of hydrogen-bond acceptors (Lipinski definition) is 7. The van der Waals surface area contributed by atoms with Crippen molar-refractivity contribution in [3.63, 3.8) is 0 Å². The van der Waals surface area contributed by atoms with Gasteiger partial charge in [-0.05, 0) is 63.2 Å². The van der Waals surface area contributed by atoms with Gasteiger partial charge in [0.25, 0.3) is 5.56 Å². The van der Waals surface area contributed by atoms with Crippen LogP contribution in [0.2, 0.25) is 19.1 Å². The van der Waals surface area contributed by atoms with Crippen LogP contribution in [0.25, 0.3) is 11.0 Å². The summed E-state index contributed by atoms with van der Waals surface area (Å²) in [6.07, 6.45) is 11.4. The van der Waals surface area contributed by atoms with Crippen molar-refractivity contribution >= 4 is 25.3 Å². The Hall–Kier alpha value is -2.59. The van der Waals surface area contributed by atoms with Crippen molar-refractivity contribution < 1.29 is 4.43 Å². The lowest BCUT2D eigenvalue weighted by molar-refractivity contribution is 0.289. The van der Waals surface area contributed by atoms with E-state index in [0.29, 0.717) is 41.4 Å². The Balaban J connectivity index is 1.52. The zero-order chi connectivity index (χ0) is 25.0. The molecule has 2 N–H and O–H groups in total. The summed E-state index contributed by atoms with van der Waals surface area (Å²) < 4.78 is 8.25. The number of fused-ring (bicyclic) bond motifs is 1. The van der Waals surface area contributed by atoms with E-state index in [0.717, 1.165) is 37.3 Å². The van der Waals surface area contributed by atoms with E-state index in [9.17, 15) is 4.79 Å². The number of rotatable bonds is 11. The highest BCUT2D eigenvalue weighted by Crippen LogP contribution is 2.31. The van der Waals surface area contributed by atoms with E-state index >= 15 is 0 Å². The molecule has 0 saturated heterocycles. The fourth-order valence-electron chi connectivity index (χ4n) is 5.11. The molecular weight excluding hydrogens is 458 g/mol. The molecule has 1 aliphatic rings. The Bertz CT molecular complexity index is 1170. The van der Waals surface area contributed by atoms with E-state index in [1.54, 1.807) is 6.20 Å². The largest absolute Gasteiger partial charge is 0.417 e.